The Labute approximate surface area is 105 Å². The number of carboxylic acids is 1. The molecule has 0 bridgehead atoms. The van der Waals surface area contributed by atoms with Gasteiger partial charge in [0.1, 0.15) is 5.52 Å². The lowest BCUT2D eigenvalue weighted by Crippen LogP contribution is -2.15. The molecule has 0 aliphatic carbocycles. The van der Waals surface area contributed by atoms with Crippen LogP contribution in [0.1, 0.15) is 24.2 Å². The summed E-state index contributed by atoms with van der Waals surface area (Å²) >= 11 is 0. The lowest BCUT2D eigenvalue weighted by molar-refractivity contribution is 0.0648. The summed E-state index contributed by atoms with van der Waals surface area (Å²) in [6.07, 6.45) is 1.73. The number of benzene rings is 1. The molecular formula is C13H16N2O3. The van der Waals surface area contributed by atoms with E-state index in [2.05, 4.69) is 4.98 Å². The minimum absolute atomic E-state index is 0.0703. The topological polar surface area (TPSA) is 64.4 Å². The highest BCUT2D eigenvalue weighted by Crippen LogP contribution is 2.18. The third-order valence-electron chi connectivity index (χ3n) is 2.79. The third kappa shape index (κ3) is 2.36. The van der Waals surface area contributed by atoms with Crippen LogP contribution in [-0.4, -0.2) is 33.3 Å². The number of aromatic nitrogens is 2. The fourth-order valence-electron chi connectivity index (χ4n) is 2.02. The minimum atomic E-state index is -0.955. The van der Waals surface area contributed by atoms with E-state index in [0.29, 0.717) is 18.7 Å². The van der Waals surface area contributed by atoms with E-state index >= 15 is 0 Å². The number of carboxylic acid groups (broad SMARTS) is 1. The maximum Gasteiger partial charge on any atom is 0.337 e. The van der Waals surface area contributed by atoms with Gasteiger partial charge in [-0.1, -0.05) is 6.07 Å². The number of hydrogen-bond donors (Lipinski definition) is 1. The van der Waals surface area contributed by atoms with Gasteiger partial charge in [0.15, 0.2) is 0 Å². The maximum absolute atomic E-state index is 11.1. The Morgan fingerprint density at radius 1 is 1.56 bits per heavy atom. The number of ether oxygens (including phenoxy) is 1. The van der Waals surface area contributed by atoms with Crippen molar-refractivity contribution in [1.29, 1.82) is 0 Å². The van der Waals surface area contributed by atoms with Crippen molar-refractivity contribution in [3.63, 3.8) is 0 Å². The van der Waals surface area contributed by atoms with E-state index in [-0.39, 0.29) is 11.7 Å². The molecule has 96 valence electrons. The first-order valence-electron chi connectivity index (χ1n) is 5.92. The lowest BCUT2D eigenvalue weighted by atomic mass is 10.2. The molecule has 1 N–H and O–H groups in total. The van der Waals surface area contributed by atoms with Gasteiger partial charge in [0.25, 0.3) is 0 Å². The van der Waals surface area contributed by atoms with Gasteiger partial charge in [-0.05, 0) is 26.0 Å². The number of carbonyl (C=O) groups is 1. The first-order valence-corrected chi connectivity index (χ1v) is 5.92. The number of fused-ring (bicyclic) bond motifs is 1. The van der Waals surface area contributed by atoms with Gasteiger partial charge < -0.3 is 14.4 Å². The van der Waals surface area contributed by atoms with E-state index in [0.717, 1.165) is 5.52 Å². The van der Waals surface area contributed by atoms with Gasteiger partial charge in [0.05, 0.1) is 30.1 Å². The summed E-state index contributed by atoms with van der Waals surface area (Å²) in [6.45, 7) is 5.25. The van der Waals surface area contributed by atoms with Crippen LogP contribution in [0.4, 0.5) is 0 Å². The van der Waals surface area contributed by atoms with Gasteiger partial charge >= 0.3 is 5.97 Å². The predicted octanol–water partition coefficient (Wildman–Crippen LogP) is 2.16. The van der Waals surface area contributed by atoms with Gasteiger partial charge in [-0.25, -0.2) is 9.78 Å². The van der Waals surface area contributed by atoms with Crippen LogP contribution in [0.5, 0.6) is 0 Å². The SMILES string of the molecule is CCOC(C)Cn1cnc2c(C(=O)O)cccc21. The van der Waals surface area contributed by atoms with Crippen LogP contribution in [0.3, 0.4) is 0 Å². The second kappa shape index (κ2) is 5.18. The van der Waals surface area contributed by atoms with Gasteiger partial charge in [0.2, 0.25) is 0 Å². The third-order valence-corrected chi connectivity index (χ3v) is 2.79. The van der Waals surface area contributed by atoms with Gasteiger partial charge in [-0.2, -0.15) is 0 Å². The number of hydrogen-bond acceptors (Lipinski definition) is 3. The zero-order chi connectivity index (χ0) is 13.1. The second-order valence-corrected chi connectivity index (χ2v) is 4.14. The Morgan fingerprint density at radius 3 is 3.00 bits per heavy atom. The first kappa shape index (κ1) is 12.6. The van der Waals surface area contributed by atoms with Crippen molar-refractivity contribution in [2.75, 3.05) is 6.61 Å². The zero-order valence-electron chi connectivity index (χ0n) is 10.5. The zero-order valence-corrected chi connectivity index (χ0v) is 10.5. The summed E-state index contributed by atoms with van der Waals surface area (Å²) < 4.78 is 7.40. The highest BCUT2D eigenvalue weighted by atomic mass is 16.5. The molecule has 0 fully saturated rings. The van der Waals surface area contributed by atoms with Crippen LogP contribution in [0, 0.1) is 0 Å². The van der Waals surface area contributed by atoms with Crippen LogP contribution in [0.2, 0.25) is 0 Å². The summed E-state index contributed by atoms with van der Waals surface area (Å²) in [7, 11) is 0. The van der Waals surface area contributed by atoms with Gasteiger partial charge in [-0.3, -0.25) is 0 Å². The molecule has 0 radical (unpaired) electrons. The standard InChI is InChI=1S/C13H16N2O3/c1-3-18-9(2)7-15-8-14-12-10(13(16)17)5-4-6-11(12)15/h4-6,8-9H,3,7H2,1-2H3,(H,16,17). The van der Waals surface area contributed by atoms with E-state index in [9.17, 15) is 4.79 Å². The number of para-hydroxylation sites is 1. The molecule has 18 heavy (non-hydrogen) atoms. The fourth-order valence-corrected chi connectivity index (χ4v) is 2.02. The van der Waals surface area contributed by atoms with Gasteiger partial charge in [-0.15, -0.1) is 0 Å². The van der Waals surface area contributed by atoms with E-state index in [1.807, 2.05) is 24.5 Å². The Balaban J connectivity index is 2.37. The molecule has 1 unspecified atom stereocenters. The van der Waals surface area contributed by atoms with E-state index < -0.39 is 5.97 Å². The molecule has 1 heterocycles. The largest absolute Gasteiger partial charge is 0.478 e. The second-order valence-electron chi connectivity index (χ2n) is 4.14. The molecule has 1 atom stereocenters. The summed E-state index contributed by atoms with van der Waals surface area (Å²) in [6, 6.07) is 5.16. The molecule has 2 aromatic rings. The van der Waals surface area contributed by atoms with Crippen molar-refractivity contribution in [1.82, 2.24) is 9.55 Å². The summed E-state index contributed by atoms with van der Waals surface area (Å²) in [5.41, 5.74) is 1.57. The predicted molar refractivity (Wildman–Crippen MR) is 67.8 cm³/mol. The van der Waals surface area contributed by atoms with E-state index in [1.54, 1.807) is 18.5 Å². The number of imidazole rings is 1. The number of rotatable bonds is 5. The first-order chi connectivity index (χ1) is 8.63. The number of nitrogens with zero attached hydrogens (tertiary/aromatic N) is 2. The normalized spacial score (nSPS) is 12.8. The van der Waals surface area contributed by atoms with Crippen molar-refractivity contribution in [2.45, 2.75) is 26.5 Å². The maximum atomic E-state index is 11.1. The quantitative estimate of drug-likeness (QED) is 0.880. The highest BCUT2D eigenvalue weighted by Gasteiger charge is 2.13. The average Bonchev–Trinajstić information content (AvgIpc) is 2.72. The molecule has 5 heteroatoms. The Hall–Kier alpha value is -1.88. The van der Waals surface area contributed by atoms with Crippen molar-refractivity contribution < 1.29 is 14.6 Å². The molecule has 0 saturated heterocycles. The lowest BCUT2D eigenvalue weighted by Gasteiger charge is -2.12. The van der Waals surface area contributed by atoms with E-state index in [4.69, 9.17) is 9.84 Å². The van der Waals surface area contributed by atoms with Crippen molar-refractivity contribution in [3.8, 4) is 0 Å². The van der Waals surface area contributed by atoms with E-state index in [1.165, 1.54) is 0 Å². The molecule has 0 saturated carbocycles. The molecule has 0 amide bonds. The van der Waals surface area contributed by atoms with Crippen LogP contribution in [0.25, 0.3) is 11.0 Å². The molecule has 1 aromatic carbocycles. The summed E-state index contributed by atoms with van der Waals surface area (Å²) in [5, 5.41) is 9.08. The monoisotopic (exact) mass is 248 g/mol. The molecule has 0 aliphatic heterocycles. The van der Waals surface area contributed by atoms with Crippen LogP contribution >= 0.6 is 0 Å². The molecule has 2 rings (SSSR count). The van der Waals surface area contributed by atoms with Crippen LogP contribution in [0.15, 0.2) is 24.5 Å². The fraction of sp³-hybridized carbons (Fsp3) is 0.385. The average molecular weight is 248 g/mol. The van der Waals surface area contributed by atoms with Crippen molar-refractivity contribution >= 4 is 17.0 Å². The molecule has 0 aliphatic rings. The molecule has 5 nitrogen and oxygen atoms in total. The Kier molecular flexibility index (Phi) is 3.62. The summed E-state index contributed by atoms with van der Waals surface area (Å²) in [4.78, 5) is 15.3. The minimum Gasteiger partial charge on any atom is -0.478 e. The summed E-state index contributed by atoms with van der Waals surface area (Å²) in [5.74, 6) is -0.955. The smallest absolute Gasteiger partial charge is 0.337 e. The van der Waals surface area contributed by atoms with Crippen molar-refractivity contribution in [3.05, 3.63) is 30.1 Å². The Bertz CT molecular complexity index is 562. The number of aromatic carboxylic acids is 1. The van der Waals surface area contributed by atoms with Gasteiger partial charge in [0, 0.05) is 6.61 Å². The van der Waals surface area contributed by atoms with Crippen LogP contribution < -0.4 is 0 Å². The molecule has 1 aromatic heterocycles. The Morgan fingerprint density at radius 2 is 2.33 bits per heavy atom. The highest BCUT2D eigenvalue weighted by molar-refractivity contribution is 6.00. The molecular weight excluding hydrogens is 232 g/mol. The molecule has 0 spiro atoms. The van der Waals surface area contributed by atoms with Crippen molar-refractivity contribution in [2.24, 2.45) is 0 Å². The van der Waals surface area contributed by atoms with Crippen LogP contribution in [-0.2, 0) is 11.3 Å².